The van der Waals surface area contributed by atoms with Crippen molar-refractivity contribution in [2.24, 2.45) is 5.41 Å². The minimum absolute atomic E-state index is 0.0448. The molecule has 8 heteroatoms. The molecular formula is C12H14Cl2N2O4. The van der Waals surface area contributed by atoms with Crippen molar-refractivity contribution in [3.63, 3.8) is 0 Å². The summed E-state index contributed by atoms with van der Waals surface area (Å²) in [6.45, 7) is 3.60. The van der Waals surface area contributed by atoms with Crippen LogP contribution in [0, 0.1) is 15.5 Å². The summed E-state index contributed by atoms with van der Waals surface area (Å²) in [5.41, 5.74) is -0.891. The third kappa shape index (κ3) is 4.06. The number of amides is 1. The Kier molecular flexibility index (Phi) is 5.33. The van der Waals surface area contributed by atoms with Gasteiger partial charge >= 0.3 is 0 Å². The fourth-order valence-corrected chi connectivity index (χ4v) is 1.72. The van der Waals surface area contributed by atoms with E-state index in [2.05, 4.69) is 5.32 Å². The molecule has 0 saturated carbocycles. The van der Waals surface area contributed by atoms with E-state index in [1.807, 2.05) is 0 Å². The number of hydrogen-bond acceptors (Lipinski definition) is 4. The van der Waals surface area contributed by atoms with Gasteiger partial charge < -0.3 is 10.4 Å². The summed E-state index contributed by atoms with van der Waals surface area (Å²) in [7, 11) is 0. The molecule has 1 aromatic rings. The average molecular weight is 321 g/mol. The molecule has 0 spiro atoms. The van der Waals surface area contributed by atoms with Crippen molar-refractivity contribution < 1.29 is 14.8 Å². The molecule has 6 nitrogen and oxygen atoms in total. The second-order valence-electron chi connectivity index (χ2n) is 5.05. The minimum atomic E-state index is -0.656. The maximum absolute atomic E-state index is 12.0. The van der Waals surface area contributed by atoms with Crippen LogP contribution >= 0.6 is 23.2 Å². The van der Waals surface area contributed by atoms with Gasteiger partial charge in [0, 0.05) is 30.7 Å². The van der Waals surface area contributed by atoms with Crippen molar-refractivity contribution in [1.82, 2.24) is 5.32 Å². The van der Waals surface area contributed by atoms with E-state index in [4.69, 9.17) is 28.3 Å². The Morgan fingerprint density at radius 3 is 2.55 bits per heavy atom. The van der Waals surface area contributed by atoms with Crippen molar-refractivity contribution in [3.8, 4) is 0 Å². The number of non-ortho nitro benzene ring substituents is 1. The maximum atomic E-state index is 12.0. The van der Waals surface area contributed by atoms with Gasteiger partial charge in [-0.2, -0.15) is 0 Å². The molecule has 110 valence electrons. The number of nitrogens with one attached hydrogen (secondary N) is 1. The fraction of sp³-hybridized carbons (Fsp3) is 0.417. The van der Waals surface area contributed by atoms with Crippen LogP contribution < -0.4 is 5.32 Å². The summed E-state index contributed by atoms with van der Waals surface area (Å²) in [5, 5.41) is 22.3. The Hall–Kier alpha value is -1.37. The van der Waals surface area contributed by atoms with E-state index in [9.17, 15) is 14.9 Å². The number of halogens is 2. The molecule has 20 heavy (non-hydrogen) atoms. The van der Waals surface area contributed by atoms with Gasteiger partial charge in [0.05, 0.1) is 20.5 Å². The van der Waals surface area contributed by atoms with Crippen LogP contribution in [-0.2, 0) is 0 Å². The van der Waals surface area contributed by atoms with Crippen LogP contribution in [0.25, 0.3) is 0 Å². The summed E-state index contributed by atoms with van der Waals surface area (Å²) >= 11 is 11.7. The zero-order valence-corrected chi connectivity index (χ0v) is 12.5. The van der Waals surface area contributed by atoms with Gasteiger partial charge in [0.15, 0.2) is 0 Å². The number of carbonyl (C=O) groups excluding carboxylic acids is 1. The third-order valence-corrected chi connectivity index (χ3v) is 3.43. The molecule has 0 aromatic heterocycles. The van der Waals surface area contributed by atoms with E-state index in [1.165, 1.54) is 0 Å². The van der Waals surface area contributed by atoms with Gasteiger partial charge in [0.25, 0.3) is 11.6 Å². The monoisotopic (exact) mass is 320 g/mol. The standard InChI is InChI=1S/C12H14Cl2N2O4/c1-12(2,6-17)5-15-11(18)8-3-7(16(19)20)4-9(13)10(8)14/h3-4,17H,5-6H2,1-2H3,(H,15,18). The van der Waals surface area contributed by atoms with Crippen molar-refractivity contribution in [1.29, 1.82) is 0 Å². The van der Waals surface area contributed by atoms with Crippen molar-refractivity contribution in [2.75, 3.05) is 13.2 Å². The zero-order valence-electron chi connectivity index (χ0n) is 10.9. The first-order valence-corrected chi connectivity index (χ1v) is 6.46. The Labute approximate surface area is 125 Å². The predicted molar refractivity (Wildman–Crippen MR) is 76.3 cm³/mol. The SMILES string of the molecule is CC(C)(CO)CNC(=O)c1cc([N+](=O)[O-])cc(Cl)c1Cl. The van der Waals surface area contributed by atoms with Crippen LogP contribution in [0.4, 0.5) is 5.69 Å². The largest absolute Gasteiger partial charge is 0.396 e. The molecular weight excluding hydrogens is 307 g/mol. The van der Waals surface area contributed by atoms with Crippen LogP contribution in [0.15, 0.2) is 12.1 Å². The highest BCUT2D eigenvalue weighted by molar-refractivity contribution is 6.44. The zero-order chi connectivity index (χ0) is 15.5. The lowest BCUT2D eigenvalue weighted by molar-refractivity contribution is -0.384. The minimum Gasteiger partial charge on any atom is -0.396 e. The molecule has 1 aromatic carbocycles. The molecule has 0 heterocycles. The molecule has 1 amide bonds. The van der Waals surface area contributed by atoms with E-state index < -0.39 is 16.2 Å². The fourth-order valence-electron chi connectivity index (χ4n) is 1.32. The topological polar surface area (TPSA) is 92.5 Å². The average Bonchev–Trinajstić information content (AvgIpc) is 2.38. The summed E-state index contributed by atoms with van der Waals surface area (Å²) < 4.78 is 0. The third-order valence-electron chi connectivity index (χ3n) is 2.62. The number of carbonyl (C=O) groups is 1. The Morgan fingerprint density at radius 1 is 1.45 bits per heavy atom. The number of rotatable bonds is 5. The molecule has 0 atom stereocenters. The number of nitrogens with zero attached hydrogens (tertiary/aromatic N) is 1. The highest BCUT2D eigenvalue weighted by Crippen LogP contribution is 2.30. The summed E-state index contributed by atoms with van der Waals surface area (Å²) in [5.74, 6) is -0.581. The first kappa shape index (κ1) is 16.7. The summed E-state index contributed by atoms with van der Waals surface area (Å²) in [4.78, 5) is 22.1. The molecule has 0 saturated heterocycles. The summed E-state index contributed by atoms with van der Waals surface area (Å²) in [6, 6.07) is 2.15. The van der Waals surface area contributed by atoms with E-state index in [1.54, 1.807) is 13.8 Å². The second kappa shape index (κ2) is 6.39. The molecule has 0 unspecified atom stereocenters. The number of nitro groups is 1. The van der Waals surface area contributed by atoms with Crippen LogP contribution in [0.2, 0.25) is 10.0 Å². The number of hydrogen-bond donors (Lipinski definition) is 2. The molecule has 0 aliphatic carbocycles. The van der Waals surface area contributed by atoms with Gasteiger partial charge in [-0.25, -0.2) is 0 Å². The van der Waals surface area contributed by atoms with Gasteiger partial charge in [-0.15, -0.1) is 0 Å². The highest BCUT2D eigenvalue weighted by Gasteiger charge is 2.22. The Morgan fingerprint density at radius 2 is 2.05 bits per heavy atom. The Balaban J connectivity index is 3.01. The van der Waals surface area contributed by atoms with E-state index in [-0.39, 0.29) is 34.4 Å². The van der Waals surface area contributed by atoms with Gasteiger partial charge in [0.1, 0.15) is 0 Å². The first-order valence-electron chi connectivity index (χ1n) is 5.70. The van der Waals surface area contributed by atoms with Crippen LogP contribution in [0.3, 0.4) is 0 Å². The smallest absolute Gasteiger partial charge is 0.271 e. The van der Waals surface area contributed by atoms with Gasteiger partial charge in [-0.3, -0.25) is 14.9 Å². The summed E-state index contributed by atoms with van der Waals surface area (Å²) in [6.07, 6.45) is 0. The van der Waals surface area contributed by atoms with E-state index in [0.29, 0.717) is 0 Å². The number of nitro benzene ring substituents is 1. The van der Waals surface area contributed by atoms with Crippen LogP contribution in [0.5, 0.6) is 0 Å². The van der Waals surface area contributed by atoms with Gasteiger partial charge in [0.2, 0.25) is 0 Å². The molecule has 0 fully saturated rings. The molecule has 1 rings (SSSR count). The van der Waals surface area contributed by atoms with Gasteiger partial charge in [-0.1, -0.05) is 37.0 Å². The first-order chi connectivity index (χ1) is 9.18. The molecule has 0 aliphatic heterocycles. The maximum Gasteiger partial charge on any atom is 0.271 e. The molecule has 0 aliphatic rings. The molecule has 2 N–H and O–H groups in total. The van der Waals surface area contributed by atoms with E-state index >= 15 is 0 Å². The number of aliphatic hydroxyl groups is 1. The predicted octanol–water partition coefficient (Wildman–Crippen LogP) is 2.65. The van der Waals surface area contributed by atoms with Crippen molar-refractivity contribution in [3.05, 3.63) is 37.9 Å². The van der Waals surface area contributed by atoms with Crippen molar-refractivity contribution >= 4 is 34.8 Å². The second-order valence-corrected chi connectivity index (χ2v) is 5.84. The quantitative estimate of drug-likeness (QED) is 0.644. The number of benzene rings is 1. The lowest BCUT2D eigenvalue weighted by Crippen LogP contribution is -2.36. The van der Waals surface area contributed by atoms with Crippen LogP contribution in [-0.4, -0.2) is 29.1 Å². The van der Waals surface area contributed by atoms with Gasteiger partial charge in [-0.05, 0) is 0 Å². The van der Waals surface area contributed by atoms with Crippen LogP contribution in [0.1, 0.15) is 24.2 Å². The molecule has 0 bridgehead atoms. The Bertz CT molecular complexity index is 547. The lowest BCUT2D eigenvalue weighted by Gasteiger charge is -2.22. The molecule has 0 radical (unpaired) electrons. The van der Waals surface area contributed by atoms with E-state index in [0.717, 1.165) is 12.1 Å². The number of aliphatic hydroxyl groups excluding tert-OH is 1. The lowest BCUT2D eigenvalue weighted by atomic mass is 9.95. The normalized spacial score (nSPS) is 11.2. The van der Waals surface area contributed by atoms with Crippen molar-refractivity contribution in [2.45, 2.75) is 13.8 Å². The highest BCUT2D eigenvalue weighted by atomic mass is 35.5.